The third kappa shape index (κ3) is 4.21. The van der Waals surface area contributed by atoms with Crippen molar-refractivity contribution in [2.24, 2.45) is 7.05 Å². The van der Waals surface area contributed by atoms with Crippen LogP contribution in [0.1, 0.15) is 5.56 Å². The Kier molecular flexibility index (Phi) is 5.85. The number of hydrogen-bond acceptors (Lipinski definition) is 5. The van der Waals surface area contributed by atoms with Crippen molar-refractivity contribution in [3.8, 4) is 0 Å². The molecule has 1 aromatic carbocycles. The number of ether oxygens (including phenoxy) is 1. The minimum Gasteiger partial charge on any atom is -0.383 e. The van der Waals surface area contributed by atoms with Gasteiger partial charge in [-0.2, -0.15) is 0 Å². The molecule has 108 valence electrons. The van der Waals surface area contributed by atoms with Crippen molar-refractivity contribution in [1.82, 2.24) is 20.1 Å². The molecule has 0 saturated heterocycles. The number of aromatic nitrogens is 3. The Labute approximate surface area is 127 Å². The van der Waals surface area contributed by atoms with Gasteiger partial charge in [0, 0.05) is 32.1 Å². The van der Waals surface area contributed by atoms with E-state index in [0.29, 0.717) is 6.61 Å². The number of halogens is 1. The van der Waals surface area contributed by atoms with Crippen LogP contribution in [0.2, 0.25) is 5.02 Å². The fraction of sp³-hybridized carbons (Fsp3) is 0.385. The van der Waals surface area contributed by atoms with Crippen LogP contribution in [0.4, 0.5) is 0 Å². The normalized spacial score (nSPS) is 10.9. The molecule has 0 aliphatic rings. The van der Waals surface area contributed by atoms with Crippen LogP contribution in [-0.4, -0.2) is 35.0 Å². The zero-order chi connectivity index (χ0) is 14.4. The lowest BCUT2D eigenvalue weighted by Gasteiger charge is -2.07. The quantitative estimate of drug-likeness (QED) is 0.795. The van der Waals surface area contributed by atoms with Gasteiger partial charge in [0.25, 0.3) is 0 Å². The topological polar surface area (TPSA) is 52.0 Å². The highest BCUT2D eigenvalue weighted by molar-refractivity contribution is 7.99. The van der Waals surface area contributed by atoms with Gasteiger partial charge < -0.3 is 14.6 Å². The Hall–Kier alpha value is -1.08. The Morgan fingerprint density at radius 2 is 2.30 bits per heavy atom. The minimum absolute atomic E-state index is 0.702. The maximum atomic E-state index is 6.31. The first-order chi connectivity index (χ1) is 9.70. The van der Waals surface area contributed by atoms with Crippen molar-refractivity contribution in [1.29, 1.82) is 0 Å². The fourth-order valence-electron chi connectivity index (χ4n) is 1.61. The van der Waals surface area contributed by atoms with E-state index < -0.39 is 0 Å². The molecule has 0 saturated carbocycles. The molecular formula is C13H17ClN4OS. The third-order valence-electron chi connectivity index (χ3n) is 2.68. The summed E-state index contributed by atoms with van der Waals surface area (Å²) in [4.78, 5) is 0.975. The summed E-state index contributed by atoms with van der Waals surface area (Å²) in [6, 6.07) is 6.04. The highest BCUT2D eigenvalue weighted by atomic mass is 35.5. The molecular weight excluding hydrogens is 296 g/mol. The molecule has 0 bridgehead atoms. The van der Waals surface area contributed by atoms with Gasteiger partial charge in [-0.25, -0.2) is 0 Å². The van der Waals surface area contributed by atoms with Crippen LogP contribution in [0.3, 0.4) is 0 Å². The van der Waals surface area contributed by atoms with Crippen LogP contribution in [0.5, 0.6) is 0 Å². The molecule has 2 rings (SSSR count). The van der Waals surface area contributed by atoms with Gasteiger partial charge in [0.15, 0.2) is 5.16 Å². The summed E-state index contributed by atoms with van der Waals surface area (Å²) < 4.78 is 6.85. The molecule has 7 heteroatoms. The molecule has 0 atom stereocenters. The Morgan fingerprint density at radius 3 is 2.95 bits per heavy atom. The van der Waals surface area contributed by atoms with E-state index in [0.717, 1.165) is 33.7 Å². The fourth-order valence-corrected chi connectivity index (χ4v) is 2.69. The summed E-state index contributed by atoms with van der Waals surface area (Å²) in [5, 5.41) is 12.7. The van der Waals surface area contributed by atoms with Crippen LogP contribution in [0.15, 0.2) is 34.6 Å². The van der Waals surface area contributed by atoms with Gasteiger partial charge in [0.05, 0.1) is 11.6 Å². The number of methoxy groups -OCH3 is 1. The standard InChI is InChI=1S/C13H17ClN4OS/c1-18-9-16-17-13(18)20-12-4-3-10(7-11(12)14)8-15-5-6-19-2/h3-4,7,9,15H,5-6,8H2,1-2H3. The smallest absolute Gasteiger partial charge is 0.195 e. The van der Waals surface area contributed by atoms with Gasteiger partial charge >= 0.3 is 0 Å². The van der Waals surface area contributed by atoms with E-state index in [-0.39, 0.29) is 0 Å². The van der Waals surface area contributed by atoms with Crippen molar-refractivity contribution in [3.63, 3.8) is 0 Å². The number of nitrogens with zero attached hydrogens (tertiary/aromatic N) is 3. The number of nitrogens with one attached hydrogen (secondary N) is 1. The monoisotopic (exact) mass is 312 g/mol. The molecule has 1 N–H and O–H groups in total. The molecule has 20 heavy (non-hydrogen) atoms. The first kappa shape index (κ1) is 15.3. The summed E-state index contributed by atoms with van der Waals surface area (Å²) >= 11 is 7.81. The average Bonchev–Trinajstić information content (AvgIpc) is 2.83. The summed E-state index contributed by atoms with van der Waals surface area (Å²) in [7, 11) is 3.60. The molecule has 0 fully saturated rings. The summed E-state index contributed by atoms with van der Waals surface area (Å²) in [6.07, 6.45) is 1.67. The second-order valence-electron chi connectivity index (χ2n) is 4.26. The van der Waals surface area contributed by atoms with E-state index in [4.69, 9.17) is 16.3 Å². The largest absolute Gasteiger partial charge is 0.383 e. The summed E-state index contributed by atoms with van der Waals surface area (Å²) in [6.45, 7) is 2.30. The van der Waals surface area contributed by atoms with E-state index in [1.54, 1.807) is 13.4 Å². The lowest BCUT2D eigenvalue weighted by molar-refractivity contribution is 0.199. The zero-order valence-corrected chi connectivity index (χ0v) is 13.0. The molecule has 0 aliphatic heterocycles. The Bertz CT molecular complexity index is 561. The maximum Gasteiger partial charge on any atom is 0.195 e. The molecule has 0 aliphatic carbocycles. The molecule has 0 spiro atoms. The van der Waals surface area contributed by atoms with Gasteiger partial charge in [0.1, 0.15) is 6.33 Å². The lowest BCUT2D eigenvalue weighted by atomic mass is 10.2. The molecule has 1 aromatic heterocycles. The van der Waals surface area contributed by atoms with E-state index in [1.807, 2.05) is 23.7 Å². The highest BCUT2D eigenvalue weighted by Gasteiger charge is 2.08. The Morgan fingerprint density at radius 1 is 1.45 bits per heavy atom. The second kappa shape index (κ2) is 7.64. The first-order valence-electron chi connectivity index (χ1n) is 6.20. The van der Waals surface area contributed by atoms with E-state index in [9.17, 15) is 0 Å². The molecule has 0 amide bonds. The number of aryl methyl sites for hydroxylation is 1. The van der Waals surface area contributed by atoms with E-state index in [2.05, 4.69) is 21.6 Å². The molecule has 0 radical (unpaired) electrons. The number of hydrogen-bond donors (Lipinski definition) is 1. The van der Waals surface area contributed by atoms with Crippen molar-refractivity contribution in [2.75, 3.05) is 20.3 Å². The van der Waals surface area contributed by atoms with Gasteiger partial charge in [0.2, 0.25) is 0 Å². The van der Waals surface area contributed by atoms with Crippen LogP contribution in [0.25, 0.3) is 0 Å². The first-order valence-corrected chi connectivity index (χ1v) is 7.40. The van der Waals surface area contributed by atoms with Crippen molar-refractivity contribution in [3.05, 3.63) is 35.1 Å². The van der Waals surface area contributed by atoms with Crippen molar-refractivity contribution < 1.29 is 4.74 Å². The SMILES string of the molecule is COCCNCc1ccc(Sc2nncn2C)c(Cl)c1. The molecule has 5 nitrogen and oxygen atoms in total. The molecule has 2 aromatic rings. The molecule has 1 heterocycles. The summed E-state index contributed by atoms with van der Waals surface area (Å²) in [5.74, 6) is 0. The average molecular weight is 313 g/mol. The molecule has 0 unspecified atom stereocenters. The minimum atomic E-state index is 0.702. The van der Waals surface area contributed by atoms with E-state index in [1.165, 1.54) is 11.8 Å². The predicted molar refractivity (Wildman–Crippen MR) is 80.2 cm³/mol. The van der Waals surface area contributed by atoms with Crippen LogP contribution < -0.4 is 5.32 Å². The summed E-state index contributed by atoms with van der Waals surface area (Å²) in [5.41, 5.74) is 1.15. The lowest BCUT2D eigenvalue weighted by Crippen LogP contribution is -2.18. The van der Waals surface area contributed by atoms with Crippen molar-refractivity contribution >= 4 is 23.4 Å². The highest BCUT2D eigenvalue weighted by Crippen LogP contribution is 2.32. The third-order valence-corrected chi connectivity index (χ3v) is 4.23. The van der Waals surface area contributed by atoms with Crippen LogP contribution in [-0.2, 0) is 18.3 Å². The van der Waals surface area contributed by atoms with E-state index >= 15 is 0 Å². The number of rotatable bonds is 7. The van der Waals surface area contributed by atoms with Gasteiger partial charge in [-0.1, -0.05) is 17.7 Å². The van der Waals surface area contributed by atoms with Crippen molar-refractivity contribution in [2.45, 2.75) is 16.6 Å². The van der Waals surface area contributed by atoms with Gasteiger partial charge in [-0.05, 0) is 29.5 Å². The maximum absolute atomic E-state index is 6.31. The predicted octanol–water partition coefficient (Wildman–Crippen LogP) is 2.36. The number of benzene rings is 1. The van der Waals surface area contributed by atoms with Crippen LogP contribution in [0, 0.1) is 0 Å². The van der Waals surface area contributed by atoms with Crippen LogP contribution >= 0.6 is 23.4 Å². The van der Waals surface area contributed by atoms with Gasteiger partial charge in [-0.3, -0.25) is 0 Å². The van der Waals surface area contributed by atoms with Gasteiger partial charge in [-0.15, -0.1) is 10.2 Å². The second-order valence-corrected chi connectivity index (χ2v) is 5.68. The Balaban J connectivity index is 1.97. The zero-order valence-electron chi connectivity index (χ0n) is 11.5.